The van der Waals surface area contributed by atoms with Gasteiger partial charge in [-0.2, -0.15) is 0 Å². The fourth-order valence-electron chi connectivity index (χ4n) is 2.93. The molecule has 0 fully saturated rings. The van der Waals surface area contributed by atoms with Crippen LogP contribution < -0.4 is 5.32 Å². The van der Waals surface area contributed by atoms with Gasteiger partial charge in [0.05, 0.1) is 22.3 Å². The number of anilines is 1. The molecule has 3 heterocycles. The van der Waals surface area contributed by atoms with Crippen LogP contribution >= 0.6 is 23.2 Å². The Morgan fingerprint density at radius 2 is 2.16 bits per heavy atom. The Bertz CT molecular complexity index is 957. The van der Waals surface area contributed by atoms with Crippen molar-refractivity contribution in [1.82, 2.24) is 15.0 Å². The van der Waals surface area contributed by atoms with E-state index in [1.54, 1.807) is 35.5 Å². The van der Waals surface area contributed by atoms with E-state index in [0.717, 1.165) is 28.7 Å². The van der Waals surface area contributed by atoms with E-state index < -0.39 is 6.09 Å². The number of amides is 1. The lowest BCUT2D eigenvalue weighted by molar-refractivity contribution is -0.105. The van der Waals surface area contributed by atoms with Crippen LogP contribution in [0, 0.1) is 0 Å². The molecule has 0 aliphatic carbocycles. The van der Waals surface area contributed by atoms with E-state index in [1.165, 1.54) is 0 Å². The third-order valence-corrected chi connectivity index (χ3v) is 4.62. The molecule has 0 radical (unpaired) electrons. The van der Waals surface area contributed by atoms with Crippen molar-refractivity contribution >= 4 is 46.0 Å². The van der Waals surface area contributed by atoms with Crippen molar-refractivity contribution in [3.63, 3.8) is 0 Å². The molecule has 1 aromatic carbocycles. The number of carbonyl (C=O) groups excluding carboxylic acids is 1. The minimum absolute atomic E-state index is 0.456. The summed E-state index contributed by atoms with van der Waals surface area (Å²) >= 11 is 12.1. The summed E-state index contributed by atoms with van der Waals surface area (Å²) in [6.45, 7) is 1.05. The monoisotopic (exact) mass is 376 g/mol. The Morgan fingerprint density at radius 3 is 3.00 bits per heavy atom. The summed E-state index contributed by atoms with van der Waals surface area (Å²) in [4.78, 5) is 25.1. The Labute approximate surface area is 153 Å². The second-order valence-corrected chi connectivity index (χ2v) is 6.57. The van der Waals surface area contributed by atoms with Crippen LogP contribution in [0.2, 0.25) is 10.0 Å². The maximum atomic E-state index is 12.1. The first-order chi connectivity index (χ1) is 12.1. The van der Waals surface area contributed by atoms with Crippen LogP contribution in [-0.2, 0) is 17.8 Å². The van der Waals surface area contributed by atoms with Gasteiger partial charge in [-0.3, -0.25) is 5.32 Å². The van der Waals surface area contributed by atoms with Gasteiger partial charge in [0.2, 0.25) is 0 Å². The average molecular weight is 377 g/mol. The third kappa shape index (κ3) is 3.28. The van der Waals surface area contributed by atoms with Gasteiger partial charge in [-0.15, -0.1) is 5.06 Å². The SMILES string of the molecule is O=C(Nc1ccccc1Cl)ON1CCc2[nH]c3ncc(Cl)cc3c2C1. The van der Waals surface area contributed by atoms with Gasteiger partial charge >= 0.3 is 6.09 Å². The van der Waals surface area contributed by atoms with Crippen LogP contribution in [0.25, 0.3) is 11.0 Å². The lowest BCUT2D eigenvalue weighted by Gasteiger charge is -2.25. The van der Waals surface area contributed by atoms with Gasteiger partial charge < -0.3 is 9.82 Å². The van der Waals surface area contributed by atoms with Crippen molar-refractivity contribution in [3.8, 4) is 0 Å². The van der Waals surface area contributed by atoms with E-state index in [2.05, 4.69) is 15.3 Å². The highest BCUT2D eigenvalue weighted by Gasteiger charge is 2.24. The number of hydroxylamine groups is 2. The van der Waals surface area contributed by atoms with Crippen molar-refractivity contribution in [2.45, 2.75) is 13.0 Å². The lowest BCUT2D eigenvalue weighted by Crippen LogP contribution is -2.34. The number of rotatable bonds is 2. The van der Waals surface area contributed by atoms with Gasteiger partial charge in [-0.1, -0.05) is 35.3 Å². The van der Waals surface area contributed by atoms with Crippen molar-refractivity contribution in [3.05, 3.63) is 57.8 Å². The van der Waals surface area contributed by atoms with Crippen molar-refractivity contribution in [1.29, 1.82) is 0 Å². The minimum Gasteiger partial charge on any atom is -0.350 e. The second-order valence-electron chi connectivity index (χ2n) is 5.73. The van der Waals surface area contributed by atoms with Crippen LogP contribution in [0.1, 0.15) is 11.3 Å². The fraction of sp³-hybridized carbons (Fsp3) is 0.176. The molecule has 0 saturated carbocycles. The van der Waals surface area contributed by atoms with E-state index in [9.17, 15) is 4.79 Å². The van der Waals surface area contributed by atoms with Crippen molar-refractivity contribution in [2.24, 2.45) is 0 Å². The minimum atomic E-state index is -0.576. The summed E-state index contributed by atoms with van der Waals surface area (Å²) in [7, 11) is 0. The predicted molar refractivity (Wildman–Crippen MR) is 96.8 cm³/mol. The first kappa shape index (κ1) is 16.2. The average Bonchev–Trinajstić information content (AvgIpc) is 2.94. The fourth-order valence-corrected chi connectivity index (χ4v) is 3.27. The highest BCUT2D eigenvalue weighted by atomic mass is 35.5. The molecule has 1 amide bonds. The summed E-state index contributed by atoms with van der Waals surface area (Å²) in [6, 6.07) is 8.86. The number of benzene rings is 1. The molecular weight excluding hydrogens is 363 g/mol. The van der Waals surface area contributed by atoms with Gasteiger partial charge in [-0.05, 0) is 23.8 Å². The predicted octanol–water partition coefficient (Wildman–Crippen LogP) is 4.39. The molecule has 0 atom stereocenters. The van der Waals surface area contributed by atoms with E-state index in [4.69, 9.17) is 28.0 Å². The van der Waals surface area contributed by atoms with Crippen LogP contribution in [0.15, 0.2) is 36.5 Å². The number of hydrogen-bond donors (Lipinski definition) is 2. The number of hydrogen-bond acceptors (Lipinski definition) is 4. The Kier molecular flexibility index (Phi) is 4.25. The zero-order valence-corrected chi connectivity index (χ0v) is 14.6. The Balaban J connectivity index is 1.49. The van der Waals surface area contributed by atoms with Gasteiger partial charge in [0.25, 0.3) is 0 Å². The lowest BCUT2D eigenvalue weighted by atomic mass is 10.1. The zero-order valence-electron chi connectivity index (χ0n) is 13.1. The molecule has 2 aromatic heterocycles. The highest BCUT2D eigenvalue weighted by Crippen LogP contribution is 2.28. The summed E-state index contributed by atoms with van der Waals surface area (Å²) in [6.07, 6.45) is 1.76. The molecule has 8 heteroatoms. The summed E-state index contributed by atoms with van der Waals surface area (Å²) in [5, 5.41) is 6.24. The largest absolute Gasteiger partial charge is 0.430 e. The van der Waals surface area contributed by atoms with Crippen LogP contribution in [0.4, 0.5) is 10.5 Å². The van der Waals surface area contributed by atoms with Crippen molar-refractivity contribution in [2.75, 3.05) is 11.9 Å². The topological polar surface area (TPSA) is 70.2 Å². The number of fused-ring (bicyclic) bond motifs is 3. The molecule has 6 nitrogen and oxygen atoms in total. The quantitative estimate of drug-likeness (QED) is 0.695. The molecule has 0 unspecified atom stereocenters. The van der Waals surface area contributed by atoms with Gasteiger partial charge in [-0.25, -0.2) is 9.78 Å². The maximum Gasteiger partial charge on any atom is 0.430 e. The summed E-state index contributed by atoms with van der Waals surface area (Å²) < 4.78 is 0. The highest BCUT2D eigenvalue weighted by molar-refractivity contribution is 6.33. The third-order valence-electron chi connectivity index (χ3n) is 4.08. The van der Waals surface area contributed by atoms with Crippen LogP contribution in [0.3, 0.4) is 0 Å². The summed E-state index contributed by atoms with van der Waals surface area (Å²) in [5.74, 6) is 0. The number of carbonyl (C=O) groups is 1. The number of H-pyrrole nitrogens is 1. The molecule has 3 aromatic rings. The van der Waals surface area contributed by atoms with E-state index in [1.807, 2.05) is 6.07 Å². The number of aromatic amines is 1. The molecule has 0 spiro atoms. The number of pyridine rings is 1. The Hall–Kier alpha value is -2.28. The van der Waals surface area contributed by atoms with Gasteiger partial charge in [0, 0.05) is 30.2 Å². The number of nitrogens with one attached hydrogen (secondary N) is 2. The molecule has 2 N–H and O–H groups in total. The molecule has 1 aliphatic rings. The maximum absolute atomic E-state index is 12.1. The van der Waals surface area contributed by atoms with Gasteiger partial charge in [0.15, 0.2) is 0 Å². The number of halogens is 2. The molecule has 0 bridgehead atoms. The molecule has 1 aliphatic heterocycles. The van der Waals surface area contributed by atoms with E-state index in [-0.39, 0.29) is 0 Å². The van der Waals surface area contributed by atoms with E-state index in [0.29, 0.717) is 28.8 Å². The Morgan fingerprint density at radius 1 is 1.32 bits per heavy atom. The van der Waals surface area contributed by atoms with E-state index >= 15 is 0 Å². The summed E-state index contributed by atoms with van der Waals surface area (Å²) in [5.41, 5.74) is 3.43. The standard InChI is InChI=1S/C17H14Cl2N4O2/c18-10-7-11-12-9-23(6-5-14(12)21-16(11)20-8-10)25-17(24)22-15-4-2-1-3-13(15)19/h1-4,7-8H,5-6,9H2,(H,20,21)(H,22,24). The van der Waals surface area contributed by atoms with Crippen LogP contribution in [-0.4, -0.2) is 27.7 Å². The molecular formula is C17H14Cl2N4O2. The number of aromatic nitrogens is 2. The molecule has 25 heavy (non-hydrogen) atoms. The smallest absolute Gasteiger partial charge is 0.350 e. The van der Waals surface area contributed by atoms with Gasteiger partial charge in [0.1, 0.15) is 5.65 Å². The normalized spacial score (nSPS) is 14.3. The number of para-hydroxylation sites is 1. The first-order valence-corrected chi connectivity index (χ1v) is 8.49. The second kappa shape index (κ2) is 6.55. The molecule has 128 valence electrons. The zero-order chi connectivity index (χ0) is 17.4. The number of nitrogens with zero attached hydrogens (tertiary/aromatic N) is 2. The molecule has 0 saturated heterocycles. The molecule has 4 rings (SSSR count). The van der Waals surface area contributed by atoms with Crippen molar-refractivity contribution < 1.29 is 9.63 Å². The first-order valence-electron chi connectivity index (χ1n) is 7.73. The van der Waals surface area contributed by atoms with Crippen LogP contribution in [0.5, 0.6) is 0 Å².